The number of aromatic nitrogens is 3. The molecule has 0 spiro atoms. The first-order valence-corrected chi connectivity index (χ1v) is 13.5. The highest BCUT2D eigenvalue weighted by Gasteiger charge is 2.31. The molecule has 3 heterocycles. The minimum absolute atomic E-state index is 0.0895. The van der Waals surface area contributed by atoms with E-state index in [1.165, 1.54) is 30.5 Å². The molecule has 12 heteroatoms. The molecular weight excluding hydrogens is 516 g/mol. The van der Waals surface area contributed by atoms with Gasteiger partial charge in [-0.2, -0.15) is 0 Å². The molecule has 1 fully saturated rings. The number of benzene rings is 2. The van der Waals surface area contributed by atoms with E-state index in [2.05, 4.69) is 20.4 Å². The van der Waals surface area contributed by atoms with Crippen LogP contribution in [-0.4, -0.2) is 55.2 Å². The average molecular weight is 542 g/mol. The van der Waals surface area contributed by atoms with Gasteiger partial charge in [-0.1, -0.05) is 23.4 Å². The second-order valence-corrected chi connectivity index (χ2v) is 11.0. The normalized spacial score (nSPS) is 15.7. The molecule has 198 valence electrons. The molecule has 0 amide bonds. The van der Waals surface area contributed by atoms with E-state index in [4.69, 9.17) is 15.0 Å². The number of nitrogens with two attached hydrogens (primary N) is 1. The van der Waals surface area contributed by atoms with Crippen molar-refractivity contribution >= 4 is 15.7 Å². The minimum Gasteiger partial charge on any atom is -0.382 e. The maximum Gasteiger partial charge on any atom is 0.189 e. The van der Waals surface area contributed by atoms with Crippen LogP contribution in [0.1, 0.15) is 12.0 Å². The molecule has 9 nitrogen and oxygen atoms in total. The molecule has 38 heavy (non-hydrogen) atoms. The van der Waals surface area contributed by atoms with Gasteiger partial charge in [-0.15, -0.1) is 0 Å². The van der Waals surface area contributed by atoms with Crippen LogP contribution in [-0.2, 0) is 21.1 Å². The van der Waals surface area contributed by atoms with Crippen LogP contribution >= 0.6 is 0 Å². The second kappa shape index (κ2) is 10.9. The lowest BCUT2D eigenvalue weighted by atomic mass is 10.1. The van der Waals surface area contributed by atoms with Gasteiger partial charge in [0.2, 0.25) is 0 Å². The largest absolute Gasteiger partial charge is 0.382 e. The fraction of sp³-hybridized carbons (Fsp3) is 0.269. The van der Waals surface area contributed by atoms with Crippen molar-refractivity contribution in [1.29, 1.82) is 0 Å². The fourth-order valence-electron chi connectivity index (χ4n) is 4.17. The summed E-state index contributed by atoms with van der Waals surface area (Å²) in [6, 6.07) is 12.5. The summed E-state index contributed by atoms with van der Waals surface area (Å²) in [6.07, 6.45) is 1.95. The summed E-state index contributed by atoms with van der Waals surface area (Å²) in [7, 11) is -3.49. The van der Waals surface area contributed by atoms with Crippen molar-refractivity contribution in [2.75, 3.05) is 32.2 Å². The van der Waals surface area contributed by atoms with Gasteiger partial charge in [-0.05, 0) is 36.2 Å². The average Bonchev–Trinajstić information content (AvgIpc) is 3.63. The summed E-state index contributed by atoms with van der Waals surface area (Å²) < 4.78 is 63.3. The molecule has 0 saturated carbocycles. The molecule has 3 N–H and O–H groups in total. The number of sulfone groups is 1. The second-order valence-electron chi connectivity index (χ2n) is 8.80. The summed E-state index contributed by atoms with van der Waals surface area (Å²) in [4.78, 5) is 8.96. The van der Waals surface area contributed by atoms with Crippen molar-refractivity contribution in [1.82, 2.24) is 20.4 Å². The smallest absolute Gasteiger partial charge is 0.189 e. The zero-order chi connectivity index (χ0) is 26.7. The van der Waals surface area contributed by atoms with Crippen LogP contribution in [0, 0.1) is 5.82 Å². The third-order valence-corrected chi connectivity index (χ3v) is 8.44. The molecular formula is C26H25F2N5O4S. The molecule has 1 aliphatic rings. The van der Waals surface area contributed by atoms with Crippen LogP contribution in [0.15, 0.2) is 64.1 Å². The van der Waals surface area contributed by atoms with Gasteiger partial charge in [-0.3, -0.25) is 0 Å². The monoisotopic (exact) mass is 541 g/mol. The van der Waals surface area contributed by atoms with E-state index in [0.717, 1.165) is 0 Å². The first kappa shape index (κ1) is 25.9. The van der Waals surface area contributed by atoms with Gasteiger partial charge in [0, 0.05) is 36.9 Å². The molecule has 2 aromatic heterocycles. The SMILES string of the molecule is Nc1ncc(-c2ccc(S(=O)(=O)C3CCOC3)cc2)nc1-c1cc(-c2ccc(CNCCF)cc2F)no1. The van der Waals surface area contributed by atoms with Crippen LogP contribution in [0.5, 0.6) is 0 Å². The molecule has 5 rings (SSSR count). The molecule has 0 aliphatic carbocycles. The van der Waals surface area contributed by atoms with Gasteiger partial charge in [0.15, 0.2) is 27.1 Å². The van der Waals surface area contributed by atoms with E-state index < -0.39 is 27.6 Å². The minimum atomic E-state index is -3.49. The Kier molecular flexibility index (Phi) is 7.45. The Hall–Kier alpha value is -3.74. The number of alkyl halides is 1. The van der Waals surface area contributed by atoms with Crippen LogP contribution in [0.3, 0.4) is 0 Å². The Bertz CT molecular complexity index is 1540. The third-order valence-electron chi connectivity index (χ3n) is 6.26. The third kappa shape index (κ3) is 5.28. The fourth-order valence-corrected chi connectivity index (χ4v) is 5.76. The maximum absolute atomic E-state index is 14.8. The summed E-state index contributed by atoms with van der Waals surface area (Å²) in [5.41, 5.74) is 8.47. The number of nitrogen functional groups attached to an aromatic ring is 1. The number of hydrogen-bond acceptors (Lipinski definition) is 9. The highest BCUT2D eigenvalue weighted by molar-refractivity contribution is 7.92. The van der Waals surface area contributed by atoms with Crippen molar-refractivity contribution in [2.45, 2.75) is 23.1 Å². The molecule has 0 bridgehead atoms. The zero-order valence-electron chi connectivity index (χ0n) is 20.2. The van der Waals surface area contributed by atoms with E-state index in [1.54, 1.807) is 24.3 Å². The topological polar surface area (TPSA) is 133 Å². The molecule has 1 atom stereocenters. The van der Waals surface area contributed by atoms with Gasteiger partial charge >= 0.3 is 0 Å². The highest BCUT2D eigenvalue weighted by Crippen LogP contribution is 2.31. The summed E-state index contributed by atoms with van der Waals surface area (Å²) in [5.74, 6) is -0.219. The van der Waals surface area contributed by atoms with Crippen molar-refractivity contribution in [2.24, 2.45) is 0 Å². The van der Waals surface area contributed by atoms with E-state index in [9.17, 15) is 17.2 Å². The molecule has 1 unspecified atom stereocenters. The number of anilines is 1. The molecule has 0 radical (unpaired) electrons. The Balaban J connectivity index is 1.38. The lowest BCUT2D eigenvalue weighted by molar-refractivity contribution is 0.198. The standard InChI is InChI=1S/C26H25F2N5O4S/c27-8-9-30-13-16-1-6-20(21(28)11-16)22-12-24(37-33-22)25-26(29)31-14-23(32-25)17-2-4-18(5-3-17)38(34,35)19-7-10-36-15-19/h1-6,11-12,14,19,30H,7-10,13,15H2,(H2,29,31). The van der Waals surface area contributed by atoms with Crippen molar-refractivity contribution in [3.05, 3.63) is 66.1 Å². The maximum atomic E-state index is 14.8. The molecule has 1 aliphatic heterocycles. The van der Waals surface area contributed by atoms with Crippen molar-refractivity contribution in [3.63, 3.8) is 0 Å². The summed E-state index contributed by atoms with van der Waals surface area (Å²) in [6.45, 7) is 0.662. The quantitative estimate of drug-likeness (QED) is 0.304. The Labute approximate surface area is 218 Å². The number of hydrogen-bond donors (Lipinski definition) is 2. The number of halogens is 2. The van der Waals surface area contributed by atoms with E-state index in [-0.39, 0.29) is 46.6 Å². The lowest BCUT2D eigenvalue weighted by Gasteiger charge is -2.10. The van der Waals surface area contributed by atoms with Gasteiger partial charge < -0.3 is 20.3 Å². The Morgan fingerprint density at radius 2 is 1.92 bits per heavy atom. The van der Waals surface area contributed by atoms with Crippen LogP contribution in [0.2, 0.25) is 0 Å². The molecule has 1 saturated heterocycles. The number of nitrogens with one attached hydrogen (secondary N) is 1. The van der Waals surface area contributed by atoms with Crippen LogP contribution in [0.25, 0.3) is 34.0 Å². The van der Waals surface area contributed by atoms with Crippen molar-refractivity contribution in [3.8, 4) is 34.0 Å². The number of nitrogens with zero attached hydrogens (tertiary/aromatic N) is 3. The Morgan fingerprint density at radius 1 is 1.11 bits per heavy atom. The van der Waals surface area contributed by atoms with Gasteiger partial charge in [0.25, 0.3) is 0 Å². The summed E-state index contributed by atoms with van der Waals surface area (Å²) in [5, 5.41) is 6.29. The van der Waals surface area contributed by atoms with Crippen LogP contribution < -0.4 is 11.1 Å². The predicted octanol–water partition coefficient (Wildman–Crippen LogP) is 3.81. The number of ether oxygens (including phenoxy) is 1. The van der Waals surface area contributed by atoms with Crippen molar-refractivity contribution < 1.29 is 26.5 Å². The lowest BCUT2D eigenvalue weighted by Crippen LogP contribution is -2.21. The predicted molar refractivity (Wildman–Crippen MR) is 137 cm³/mol. The van der Waals surface area contributed by atoms with Gasteiger partial charge in [0.05, 0.1) is 28.6 Å². The van der Waals surface area contributed by atoms with E-state index in [1.807, 2.05) is 0 Å². The molecule has 2 aromatic carbocycles. The van der Waals surface area contributed by atoms with E-state index in [0.29, 0.717) is 36.4 Å². The Morgan fingerprint density at radius 3 is 2.63 bits per heavy atom. The van der Waals surface area contributed by atoms with Gasteiger partial charge in [0.1, 0.15) is 18.2 Å². The van der Waals surface area contributed by atoms with Gasteiger partial charge in [-0.25, -0.2) is 27.2 Å². The highest BCUT2D eigenvalue weighted by atomic mass is 32.2. The summed E-state index contributed by atoms with van der Waals surface area (Å²) >= 11 is 0. The first-order valence-electron chi connectivity index (χ1n) is 11.9. The zero-order valence-corrected chi connectivity index (χ0v) is 21.0. The van der Waals surface area contributed by atoms with Crippen LogP contribution in [0.4, 0.5) is 14.6 Å². The van der Waals surface area contributed by atoms with E-state index >= 15 is 0 Å². The number of rotatable bonds is 9. The first-order chi connectivity index (χ1) is 18.4. The molecule has 4 aromatic rings.